The Morgan fingerprint density at radius 1 is 0.861 bits per heavy atom. The molecule has 0 spiro atoms. The number of carbonyl (C=O) groups is 2. The molecule has 36 heavy (non-hydrogen) atoms. The van der Waals surface area contributed by atoms with E-state index < -0.39 is 6.04 Å². The van der Waals surface area contributed by atoms with Gasteiger partial charge in [0.2, 0.25) is 11.8 Å². The van der Waals surface area contributed by atoms with Crippen molar-refractivity contribution in [1.29, 1.82) is 0 Å². The summed E-state index contributed by atoms with van der Waals surface area (Å²) in [4.78, 5) is 28.9. The Hall–Kier alpha value is -2.53. The lowest BCUT2D eigenvalue weighted by Crippen LogP contribution is -2.52. The van der Waals surface area contributed by atoms with Crippen molar-refractivity contribution in [3.63, 3.8) is 0 Å². The monoisotopic (exact) mass is 544 g/mol. The first kappa shape index (κ1) is 28.0. The zero-order valence-corrected chi connectivity index (χ0v) is 22.8. The molecule has 0 saturated carbocycles. The van der Waals surface area contributed by atoms with Crippen LogP contribution in [-0.2, 0) is 29.0 Å². The SMILES string of the molecule is CC[C@@H](C)NC(=O)[C@@H](Cc1ccccc1)N(Cc1ccc(Cl)c(Cl)c1)C(=O)CCc1ccccc1Cl. The predicted molar refractivity (Wildman–Crippen MR) is 149 cm³/mol. The maximum absolute atomic E-state index is 13.7. The Morgan fingerprint density at radius 3 is 2.22 bits per heavy atom. The summed E-state index contributed by atoms with van der Waals surface area (Å²) in [6, 6.07) is 21.8. The van der Waals surface area contributed by atoms with Gasteiger partial charge in [0.1, 0.15) is 6.04 Å². The lowest BCUT2D eigenvalue weighted by Gasteiger charge is -2.32. The summed E-state index contributed by atoms with van der Waals surface area (Å²) < 4.78 is 0. The molecule has 0 unspecified atom stereocenters. The largest absolute Gasteiger partial charge is 0.352 e. The fraction of sp³-hybridized carbons (Fsp3) is 0.310. The van der Waals surface area contributed by atoms with Gasteiger partial charge in [0.25, 0.3) is 0 Å². The summed E-state index contributed by atoms with van der Waals surface area (Å²) in [6.07, 6.45) is 1.87. The molecular weight excluding hydrogens is 515 g/mol. The van der Waals surface area contributed by atoms with E-state index in [1.165, 1.54) is 0 Å². The molecule has 0 saturated heterocycles. The molecule has 0 fully saturated rings. The summed E-state index contributed by atoms with van der Waals surface area (Å²) in [5.74, 6) is -0.319. The van der Waals surface area contributed by atoms with Crippen LogP contribution in [0.5, 0.6) is 0 Å². The Balaban J connectivity index is 1.94. The van der Waals surface area contributed by atoms with Crippen LogP contribution in [0.4, 0.5) is 0 Å². The van der Waals surface area contributed by atoms with E-state index >= 15 is 0 Å². The van der Waals surface area contributed by atoms with Gasteiger partial charge in [-0.1, -0.05) is 96.3 Å². The number of nitrogens with one attached hydrogen (secondary N) is 1. The third-order valence-corrected chi connectivity index (χ3v) is 7.28. The first-order chi connectivity index (χ1) is 17.3. The summed E-state index contributed by atoms with van der Waals surface area (Å²) in [5, 5.41) is 4.54. The second kappa shape index (κ2) is 13.7. The molecule has 0 aliphatic carbocycles. The Kier molecular flexibility index (Phi) is 10.7. The molecule has 0 aromatic heterocycles. The first-order valence-corrected chi connectivity index (χ1v) is 13.2. The maximum atomic E-state index is 13.7. The number of halogens is 3. The van der Waals surface area contributed by atoms with Crippen molar-refractivity contribution in [2.24, 2.45) is 0 Å². The van der Waals surface area contributed by atoms with E-state index in [4.69, 9.17) is 34.8 Å². The normalized spacial score (nSPS) is 12.6. The summed E-state index contributed by atoms with van der Waals surface area (Å²) in [7, 11) is 0. The Morgan fingerprint density at radius 2 is 1.56 bits per heavy atom. The highest BCUT2D eigenvalue weighted by molar-refractivity contribution is 6.42. The molecule has 4 nitrogen and oxygen atoms in total. The number of nitrogens with zero attached hydrogens (tertiary/aromatic N) is 1. The molecule has 2 amide bonds. The first-order valence-electron chi connectivity index (χ1n) is 12.1. The fourth-order valence-electron chi connectivity index (χ4n) is 3.92. The minimum atomic E-state index is -0.699. The van der Waals surface area contributed by atoms with E-state index in [2.05, 4.69) is 5.32 Å². The van der Waals surface area contributed by atoms with Crippen molar-refractivity contribution in [3.05, 3.63) is 105 Å². The van der Waals surface area contributed by atoms with E-state index in [9.17, 15) is 9.59 Å². The molecule has 1 N–H and O–H groups in total. The lowest BCUT2D eigenvalue weighted by molar-refractivity contribution is -0.141. The van der Waals surface area contributed by atoms with Crippen molar-refractivity contribution in [3.8, 4) is 0 Å². The van der Waals surface area contributed by atoms with Crippen LogP contribution in [0.3, 0.4) is 0 Å². The maximum Gasteiger partial charge on any atom is 0.243 e. The van der Waals surface area contributed by atoms with Gasteiger partial charge in [0.05, 0.1) is 10.0 Å². The zero-order chi connectivity index (χ0) is 26.1. The van der Waals surface area contributed by atoms with Crippen molar-refractivity contribution in [2.75, 3.05) is 0 Å². The summed E-state index contributed by atoms with van der Waals surface area (Å²) in [5.41, 5.74) is 2.66. The van der Waals surface area contributed by atoms with Crippen LogP contribution < -0.4 is 5.32 Å². The molecule has 0 aliphatic rings. The molecule has 0 heterocycles. The van der Waals surface area contributed by atoms with Gasteiger partial charge in [-0.25, -0.2) is 0 Å². The number of rotatable bonds is 11. The van der Waals surface area contributed by atoms with Crippen LogP contribution >= 0.6 is 34.8 Å². The fourth-order valence-corrected chi connectivity index (χ4v) is 4.47. The minimum absolute atomic E-state index is 0.0131. The van der Waals surface area contributed by atoms with E-state index in [1.54, 1.807) is 17.0 Å². The van der Waals surface area contributed by atoms with Crippen LogP contribution in [-0.4, -0.2) is 28.8 Å². The average molecular weight is 546 g/mol. The van der Waals surface area contributed by atoms with Gasteiger partial charge in [0, 0.05) is 30.5 Å². The lowest BCUT2D eigenvalue weighted by atomic mass is 10.0. The minimum Gasteiger partial charge on any atom is -0.352 e. The number of hydrogen-bond donors (Lipinski definition) is 1. The van der Waals surface area contributed by atoms with Gasteiger partial charge in [0.15, 0.2) is 0 Å². The van der Waals surface area contributed by atoms with Crippen molar-refractivity contribution < 1.29 is 9.59 Å². The number of aryl methyl sites for hydroxylation is 1. The van der Waals surface area contributed by atoms with Gasteiger partial charge in [-0.15, -0.1) is 0 Å². The van der Waals surface area contributed by atoms with Crippen molar-refractivity contribution in [2.45, 2.75) is 58.2 Å². The predicted octanol–water partition coefficient (Wildman–Crippen LogP) is 7.13. The van der Waals surface area contributed by atoms with Gasteiger partial charge in [-0.3, -0.25) is 9.59 Å². The topological polar surface area (TPSA) is 49.4 Å². The second-order valence-corrected chi connectivity index (χ2v) is 10.1. The molecule has 3 aromatic carbocycles. The van der Waals surface area contributed by atoms with Crippen LogP contribution in [0.25, 0.3) is 0 Å². The Bertz CT molecular complexity index is 1170. The van der Waals surface area contributed by atoms with Crippen LogP contribution in [0.1, 0.15) is 43.4 Å². The van der Waals surface area contributed by atoms with Crippen molar-refractivity contribution in [1.82, 2.24) is 10.2 Å². The van der Waals surface area contributed by atoms with Gasteiger partial charge in [-0.2, -0.15) is 0 Å². The third-order valence-electron chi connectivity index (χ3n) is 6.18. The quantitative estimate of drug-likeness (QED) is 0.278. The third kappa shape index (κ3) is 7.99. The van der Waals surface area contributed by atoms with E-state index in [-0.39, 0.29) is 30.8 Å². The molecule has 0 aliphatic heterocycles. The molecular formula is C29H31Cl3N2O2. The highest BCUT2D eigenvalue weighted by atomic mass is 35.5. The van der Waals surface area contributed by atoms with Crippen LogP contribution in [0.15, 0.2) is 72.8 Å². The highest BCUT2D eigenvalue weighted by Gasteiger charge is 2.31. The second-order valence-electron chi connectivity index (χ2n) is 8.88. The molecule has 0 bridgehead atoms. The Labute approximate surface area is 228 Å². The smallest absolute Gasteiger partial charge is 0.243 e. The molecule has 2 atom stereocenters. The standard InChI is InChI=1S/C29H31Cl3N2O2/c1-3-20(2)33-29(36)27(18-21-9-5-4-6-10-21)34(19-22-13-15-25(31)26(32)17-22)28(35)16-14-23-11-7-8-12-24(23)30/h4-13,15,17,20,27H,3,14,16,18-19H2,1-2H3,(H,33,36)/t20-,27-/m1/s1. The van der Waals surface area contributed by atoms with Crippen molar-refractivity contribution >= 4 is 46.6 Å². The molecule has 7 heteroatoms. The summed E-state index contributed by atoms with van der Waals surface area (Å²) >= 11 is 18.7. The van der Waals surface area contributed by atoms with Crippen LogP contribution in [0.2, 0.25) is 15.1 Å². The summed E-state index contributed by atoms with van der Waals surface area (Å²) in [6.45, 7) is 4.20. The van der Waals surface area contributed by atoms with Gasteiger partial charge in [-0.05, 0) is 54.7 Å². The van der Waals surface area contributed by atoms with Gasteiger partial charge >= 0.3 is 0 Å². The zero-order valence-electron chi connectivity index (χ0n) is 20.5. The highest BCUT2D eigenvalue weighted by Crippen LogP contribution is 2.25. The molecule has 3 rings (SSSR count). The van der Waals surface area contributed by atoms with Crippen LogP contribution in [0, 0.1) is 0 Å². The number of carbonyl (C=O) groups excluding carboxylic acids is 2. The van der Waals surface area contributed by atoms with E-state index in [1.807, 2.05) is 74.5 Å². The van der Waals surface area contributed by atoms with E-state index in [0.717, 1.165) is 23.1 Å². The number of benzene rings is 3. The van der Waals surface area contributed by atoms with E-state index in [0.29, 0.717) is 27.9 Å². The molecule has 190 valence electrons. The average Bonchev–Trinajstić information content (AvgIpc) is 2.88. The number of amides is 2. The van der Waals surface area contributed by atoms with Gasteiger partial charge < -0.3 is 10.2 Å². The number of hydrogen-bond acceptors (Lipinski definition) is 2. The molecule has 3 aromatic rings. The molecule has 0 radical (unpaired) electrons.